The van der Waals surface area contributed by atoms with Crippen molar-refractivity contribution < 1.29 is 9.47 Å². The van der Waals surface area contributed by atoms with Crippen LogP contribution in [0.3, 0.4) is 0 Å². The molecule has 0 aliphatic carbocycles. The lowest BCUT2D eigenvalue weighted by molar-refractivity contribution is 0.310. The van der Waals surface area contributed by atoms with Crippen molar-refractivity contribution in [3.8, 4) is 11.5 Å². The molecular weight excluding hydrogens is 226 g/mol. The maximum absolute atomic E-state index is 5.84. The molecule has 0 amide bonds. The molecule has 0 aliphatic rings. The van der Waals surface area contributed by atoms with Crippen molar-refractivity contribution in [1.29, 1.82) is 0 Å². The highest BCUT2D eigenvalue weighted by molar-refractivity contribution is 5.85. The first-order valence-electron chi connectivity index (χ1n) is 4.91. The highest BCUT2D eigenvalue weighted by Crippen LogP contribution is 2.29. The second-order valence-corrected chi connectivity index (χ2v) is 3.10. The summed E-state index contributed by atoms with van der Waals surface area (Å²) in [4.78, 5) is 0. The van der Waals surface area contributed by atoms with Gasteiger partial charge in [0.2, 0.25) is 0 Å². The Hall–Kier alpha value is -1.19. The molecule has 3 nitrogen and oxygen atoms in total. The number of benzene rings is 1. The summed E-state index contributed by atoms with van der Waals surface area (Å²) >= 11 is 0. The number of halogens is 1. The van der Waals surface area contributed by atoms with Crippen LogP contribution in [0.5, 0.6) is 11.5 Å². The summed E-state index contributed by atoms with van der Waals surface area (Å²) in [5.74, 6) is 1.44. The maximum Gasteiger partial charge on any atom is 0.161 e. The Morgan fingerprint density at radius 2 is 2.12 bits per heavy atom. The first-order chi connectivity index (χ1) is 7.22. The number of rotatable bonds is 5. The van der Waals surface area contributed by atoms with Gasteiger partial charge in [0.25, 0.3) is 0 Å². The Morgan fingerprint density at radius 3 is 2.62 bits per heavy atom. The fraction of sp³-hybridized carbons (Fsp3) is 0.333. The molecule has 0 saturated carbocycles. The van der Waals surface area contributed by atoms with E-state index in [9.17, 15) is 0 Å². The summed E-state index contributed by atoms with van der Waals surface area (Å²) in [6.07, 6.45) is 1.69. The molecule has 90 valence electrons. The third-order valence-electron chi connectivity index (χ3n) is 2.13. The topological polar surface area (TPSA) is 44.5 Å². The second-order valence-electron chi connectivity index (χ2n) is 3.10. The lowest BCUT2D eigenvalue weighted by atomic mass is 10.1. The minimum Gasteiger partial charge on any atom is -0.493 e. The molecule has 2 N–H and O–H groups in total. The molecule has 0 heterocycles. The van der Waals surface area contributed by atoms with Gasteiger partial charge in [-0.1, -0.05) is 12.1 Å². The number of hydrogen-bond donors (Lipinski definition) is 1. The minimum atomic E-state index is -0.171. The Labute approximate surface area is 103 Å². The van der Waals surface area contributed by atoms with E-state index in [1.807, 2.05) is 25.1 Å². The van der Waals surface area contributed by atoms with Gasteiger partial charge in [0.1, 0.15) is 0 Å². The maximum atomic E-state index is 5.84. The zero-order valence-electron chi connectivity index (χ0n) is 9.60. The molecule has 1 aromatic rings. The predicted octanol–water partition coefficient (Wildman–Crippen LogP) is 2.70. The Bertz CT molecular complexity index is 342. The van der Waals surface area contributed by atoms with E-state index in [2.05, 4.69) is 6.58 Å². The lowest BCUT2D eigenvalue weighted by Crippen LogP contribution is -2.07. The van der Waals surface area contributed by atoms with Gasteiger partial charge in [-0.2, -0.15) is 0 Å². The van der Waals surface area contributed by atoms with Gasteiger partial charge in [0, 0.05) is 6.04 Å². The molecular formula is C12H18ClNO2. The summed E-state index contributed by atoms with van der Waals surface area (Å²) in [7, 11) is 1.62. The van der Waals surface area contributed by atoms with Crippen molar-refractivity contribution >= 4 is 12.4 Å². The Balaban J connectivity index is 0.00000225. The van der Waals surface area contributed by atoms with Gasteiger partial charge in [0.15, 0.2) is 11.5 Å². The molecule has 1 atom stereocenters. The van der Waals surface area contributed by atoms with Gasteiger partial charge in [0.05, 0.1) is 13.7 Å². The zero-order chi connectivity index (χ0) is 11.3. The molecule has 0 bridgehead atoms. The summed E-state index contributed by atoms with van der Waals surface area (Å²) in [6.45, 7) is 6.19. The van der Waals surface area contributed by atoms with E-state index < -0.39 is 0 Å². The molecule has 0 aromatic heterocycles. The summed E-state index contributed by atoms with van der Waals surface area (Å²) in [6, 6.07) is 5.47. The quantitative estimate of drug-likeness (QED) is 0.809. The van der Waals surface area contributed by atoms with Crippen LogP contribution in [0.4, 0.5) is 0 Å². The van der Waals surface area contributed by atoms with Gasteiger partial charge in [-0.25, -0.2) is 0 Å². The molecule has 1 aromatic carbocycles. The van der Waals surface area contributed by atoms with Gasteiger partial charge in [-0.3, -0.25) is 0 Å². The van der Waals surface area contributed by atoms with Crippen molar-refractivity contribution in [2.24, 2.45) is 5.73 Å². The van der Waals surface area contributed by atoms with Gasteiger partial charge in [-0.05, 0) is 24.6 Å². The molecule has 16 heavy (non-hydrogen) atoms. The zero-order valence-corrected chi connectivity index (χ0v) is 10.4. The molecule has 1 rings (SSSR count). The third-order valence-corrected chi connectivity index (χ3v) is 2.13. The highest BCUT2D eigenvalue weighted by Gasteiger charge is 2.08. The van der Waals surface area contributed by atoms with E-state index in [0.717, 1.165) is 17.1 Å². The summed E-state index contributed by atoms with van der Waals surface area (Å²) in [5.41, 5.74) is 6.80. The third kappa shape index (κ3) is 3.43. The van der Waals surface area contributed by atoms with Gasteiger partial charge in [-0.15, -0.1) is 19.0 Å². The summed E-state index contributed by atoms with van der Waals surface area (Å²) < 4.78 is 10.6. The van der Waals surface area contributed by atoms with Crippen LogP contribution in [-0.2, 0) is 0 Å². The van der Waals surface area contributed by atoms with E-state index in [1.165, 1.54) is 0 Å². The molecule has 0 radical (unpaired) electrons. The number of ether oxygens (including phenoxy) is 2. The van der Waals surface area contributed by atoms with Crippen LogP contribution in [-0.4, -0.2) is 13.7 Å². The SMILES string of the molecule is C=C[C@@H](N)c1ccc(OC)c(OCC)c1.Cl. The molecule has 0 saturated heterocycles. The van der Waals surface area contributed by atoms with E-state index in [4.69, 9.17) is 15.2 Å². The van der Waals surface area contributed by atoms with Crippen molar-refractivity contribution in [2.45, 2.75) is 13.0 Å². The molecule has 0 unspecified atom stereocenters. The molecule has 0 spiro atoms. The molecule has 4 heteroatoms. The number of hydrogen-bond acceptors (Lipinski definition) is 3. The van der Waals surface area contributed by atoms with Crippen LogP contribution < -0.4 is 15.2 Å². The first kappa shape index (κ1) is 14.8. The van der Waals surface area contributed by atoms with Gasteiger partial charge < -0.3 is 15.2 Å². The van der Waals surface area contributed by atoms with Crippen molar-refractivity contribution in [1.82, 2.24) is 0 Å². The van der Waals surface area contributed by atoms with Crippen molar-refractivity contribution in [2.75, 3.05) is 13.7 Å². The lowest BCUT2D eigenvalue weighted by Gasteiger charge is -2.13. The fourth-order valence-corrected chi connectivity index (χ4v) is 1.31. The van der Waals surface area contributed by atoms with Gasteiger partial charge >= 0.3 is 0 Å². The van der Waals surface area contributed by atoms with E-state index >= 15 is 0 Å². The average Bonchev–Trinajstić information content (AvgIpc) is 2.28. The van der Waals surface area contributed by atoms with E-state index in [1.54, 1.807) is 13.2 Å². The first-order valence-corrected chi connectivity index (χ1v) is 4.91. The number of methoxy groups -OCH3 is 1. The Kier molecular flexibility index (Phi) is 6.61. The molecule has 0 aliphatic heterocycles. The summed E-state index contributed by atoms with van der Waals surface area (Å²) in [5, 5.41) is 0. The number of nitrogens with two attached hydrogens (primary N) is 1. The normalized spacial score (nSPS) is 11.2. The standard InChI is InChI=1S/C12H17NO2.ClH/c1-4-10(13)9-6-7-11(14-3)12(8-9)15-5-2;/h4,6-8,10H,1,5,13H2,2-3H3;1H/t10-;/m1./s1. The van der Waals surface area contributed by atoms with Crippen LogP contribution in [0.15, 0.2) is 30.9 Å². The second kappa shape index (κ2) is 7.14. The van der Waals surface area contributed by atoms with E-state index in [-0.39, 0.29) is 18.4 Å². The smallest absolute Gasteiger partial charge is 0.161 e. The largest absolute Gasteiger partial charge is 0.493 e. The molecule has 0 fully saturated rings. The van der Waals surface area contributed by atoms with Crippen LogP contribution >= 0.6 is 12.4 Å². The average molecular weight is 244 g/mol. The Morgan fingerprint density at radius 1 is 1.44 bits per heavy atom. The predicted molar refractivity (Wildman–Crippen MR) is 68.5 cm³/mol. The van der Waals surface area contributed by atoms with Crippen molar-refractivity contribution in [3.05, 3.63) is 36.4 Å². The van der Waals surface area contributed by atoms with Crippen LogP contribution in [0.1, 0.15) is 18.5 Å². The minimum absolute atomic E-state index is 0. The van der Waals surface area contributed by atoms with Crippen molar-refractivity contribution in [3.63, 3.8) is 0 Å². The van der Waals surface area contributed by atoms with Crippen LogP contribution in [0.25, 0.3) is 0 Å². The van der Waals surface area contributed by atoms with Crippen LogP contribution in [0, 0.1) is 0 Å². The fourth-order valence-electron chi connectivity index (χ4n) is 1.31. The van der Waals surface area contributed by atoms with Crippen LogP contribution in [0.2, 0.25) is 0 Å². The highest BCUT2D eigenvalue weighted by atomic mass is 35.5. The monoisotopic (exact) mass is 243 g/mol. The van der Waals surface area contributed by atoms with E-state index in [0.29, 0.717) is 6.61 Å².